The monoisotopic (exact) mass is 460 g/mol. The number of hydrogen-bond acceptors (Lipinski definition) is 6. The third-order valence-corrected chi connectivity index (χ3v) is 6.34. The first-order valence-corrected chi connectivity index (χ1v) is 10.9. The highest BCUT2D eigenvalue weighted by Crippen LogP contribution is 2.32. The Morgan fingerprint density at radius 3 is 2.41 bits per heavy atom. The summed E-state index contributed by atoms with van der Waals surface area (Å²) in [5.74, 6) is 0. The average molecular weight is 461 g/mol. The molecular formula is C18H22Cl2N4O4S. The van der Waals surface area contributed by atoms with Crippen LogP contribution in [0.4, 0.5) is 11.4 Å². The lowest BCUT2D eigenvalue weighted by Gasteiger charge is -2.17. The summed E-state index contributed by atoms with van der Waals surface area (Å²) < 4.78 is 27.3. The molecule has 0 fully saturated rings. The van der Waals surface area contributed by atoms with Crippen molar-refractivity contribution < 1.29 is 13.3 Å². The summed E-state index contributed by atoms with van der Waals surface area (Å²) in [6.07, 6.45) is 0. The van der Waals surface area contributed by atoms with E-state index in [1.54, 1.807) is 25.1 Å². The Morgan fingerprint density at radius 1 is 1.14 bits per heavy atom. The number of nitrogens with one attached hydrogen (secondary N) is 2. The lowest BCUT2D eigenvalue weighted by Crippen LogP contribution is -2.31. The molecule has 0 spiro atoms. The van der Waals surface area contributed by atoms with Gasteiger partial charge in [0, 0.05) is 25.2 Å². The number of likely N-dealkylation sites (N-methyl/N-ethyl adjacent to an activating group) is 1. The van der Waals surface area contributed by atoms with Crippen LogP contribution in [0.2, 0.25) is 10.0 Å². The van der Waals surface area contributed by atoms with Crippen LogP contribution in [0.1, 0.15) is 18.5 Å². The highest BCUT2D eigenvalue weighted by Gasteiger charge is 2.22. The maximum atomic E-state index is 12.4. The van der Waals surface area contributed by atoms with Gasteiger partial charge in [0.15, 0.2) is 0 Å². The van der Waals surface area contributed by atoms with Crippen LogP contribution < -0.4 is 10.0 Å². The van der Waals surface area contributed by atoms with Crippen LogP contribution in [0.3, 0.4) is 0 Å². The fraction of sp³-hybridized carbons (Fsp3) is 0.333. The third-order valence-electron chi connectivity index (χ3n) is 4.14. The molecule has 0 saturated carbocycles. The van der Waals surface area contributed by atoms with Gasteiger partial charge >= 0.3 is 0 Å². The number of nitro groups is 1. The van der Waals surface area contributed by atoms with Gasteiger partial charge in [-0.25, -0.2) is 13.1 Å². The first-order valence-electron chi connectivity index (χ1n) is 8.65. The summed E-state index contributed by atoms with van der Waals surface area (Å²) in [6.45, 7) is 2.50. The molecule has 0 amide bonds. The molecule has 2 rings (SSSR count). The molecule has 11 heteroatoms. The van der Waals surface area contributed by atoms with Crippen LogP contribution >= 0.6 is 23.2 Å². The van der Waals surface area contributed by atoms with Crippen LogP contribution in [0.25, 0.3) is 0 Å². The van der Waals surface area contributed by atoms with E-state index in [0.29, 0.717) is 16.6 Å². The first-order chi connectivity index (χ1) is 13.5. The molecule has 0 aliphatic heterocycles. The van der Waals surface area contributed by atoms with E-state index < -0.39 is 14.9 Å². The fourth-order valence-electron chi connectivity index (χ4n) is 2.54. The SMILES string of the molecule is CC(Nc1ccc(S(=O)(=O)NCCN(C)C)cc1[N+](=O)[O-])c1ccc(Cl)c(Cl)c1. The van der Waals surface area contributed by atoms with Gasteiger partial charge in [0.05, 0.1) is 19.9 Å². The van der Waals surface area contributed by atoms with Crippen molar-refractivity contribution in [3.63, 3.8) is 0 Å². The molecular weight excluding hydrogens is 439 g/mol. The summed E-state index contributed by atoms with van der Waals surface area (Å²) in [5, 5.41) is 15.3. The molecule has 2 aromatic rings. The van der Waals surface area contributed by atoms with E-state index in [1.807, 2.05) is 19.0 Å². The minimum absolute atomic E-state index is 0.171. The number of benzene rings is 2. The zero-order valence-corrected chi connectivity index (χ0v) is 18.5. The highest BCUT2D eigenvalue weighted by molar-refractivity contribution is 7.89. The second kappa shape index (κ2) is 9.73. The van der Waals surface area contributed by atoms with Crippen molar-refractivity contribution in [2.45, 2.75) is 17.9 Å². The topological polar surface area (TPSA) is 105 Å². The number of rotatable bonds is 9. The number of hydrogen-bond donors (Lipinski definition) is 2. The normalized spacial score (nSPS) is 12.8. The second-order valence-corrected chi connectivity index (χ2v) is 9.26. The van der Waals surface area contributed by atoms with Crippen LogP contribution in [0, 0.1) is 10.1 Å². The summed E-state index contributed by atoms with van der Waals surface area (Å²) in [4.78, 5) is 12.6. The van der Waals surface area contributed by atoms with E-state index in [0.717, 1.165) is 11.6 Å². The van der Waals surface area contributed by atoms with Gasteiger partial charge in [-0.2, -0.15) is 0 Å². The molecule has 1 unspecified atom stereocenters. The molecule has 1 atom stereocenters. The second-order valence-electron chi connectivity index (χ2n) is 6.68. The Labute approximate surface area is 180 Å². The molecule has 0 heterocycles. The zero-order valence-electron chi connectivity index (χ0n) is 16.1. The van der Waals surface area contributed by atoms with Gasteiger partial charge in [0.25, 0.3) is 5.69 Å². The third kappa shape index (κ3) is 6.28. The van der Waals surface area contributed by atoms with Crippen LogP contribution in [-0.4, -0.2) is 45.4 Å². The fourth-order valence-corrected chi connectivity index (χ4v) is 3.88. The van der Waals surface area contributed by atoms with Gasteiger partial charge in [-0.3, -0.25) is 10.1 Å². The van der Waals surface area contributed by atoms with E-state index in [2.05, 4.69) is 10.0 Å². The largest absolute Gasteiger partial charge is 0.373 e. The minimum Gasteiger partial charge on any atom is -0.373 e. The van der Waals surface area contributed by atoms with E-state index in [-0.39, 0.29) is 28.9 Å². The quantitative estimate of drug-likeness (QED) is 0.433. The molecule has 0 bridgehead atoms. The van der Waals surface area contributed by atoms with Crippen molar-refractivity contribution in [2.75, 3.05) is 32.5 Å². The Balaban J connectivity index is 2.27. The van der Waals surface area contributed by atoms with Crippen molar-refractivity contribution in [3.8, 4) is 0 Å². The van der Waals surface area contributed by atoms with Crippen molar-refractivity contribution in [3.05, 3.63) is 62.1 Å². The summed E-state index contributed by atoms with van der Waals surface area (Å²) >= 11 is 11.9. The van der Waals surface area contributed by atoms with E-state index >= 15 is 0 Å². The Bertz CT molecular complexity index is 999. The van der Waals surface area contributed by atoms with Gasteiger partial charge in [0.1, 0.15) is 5.69 Å². The maximum Gasteiger partial charge on any atom is 0.293 e. The van der Waals surface area contributed by atoms with Crippen LogP contribution in [0.5, 0.6) is 0 Å². The minimum atomic E-state index is -3.86. The molecule has 0 aliphatic rings. The van der Waals surface area contributed by atoms with Crippen molar-refractivity contribution in [1.29, 1.82) is 0 Å². The summed E-state index contributed by atoms with van der Waals surface area (Å²) in [5.41, 5.74) is 0.629. The predicted molar refractivity (Wildman–Crippen MR) is 115 cm³/mol. The number of sulfonamides is 1. The molecule has 158 valence electrons. The van der Waals surface area contributed by atoms with E-state index in [9.17, 15) is 18.5 Å². The molecule has 0 saturated heterocycles. The van der Waals surface area contributed by atoms with E-state index in [4.69, 9.17) is 23.2 Å². The smallest absolute Gasteiger partial charge is 0.293 e. The Kier molecular flexibility index (Phi) is 7.84. The van der Waals surface area contributed by atoms with Gasteiger partial charge in [-0.15, -0.1) is 0 Å². The van der Waals surface area contributed by atoms with E-state index in [1.165, 1.54) is 12.1 Å². The van der Waals surface area contributed by atoms with Crippen LogP contribution in [0.15, 0.2) is 41.3 Å². The summed E-state index contributed by atoms with van der Waals surface area (Å²) in [6, 6.07) is 8.49. The lowest BCUT2D eigenvalue weighted by atomic mass is 10.1. The zero-order chi connectivity index (χ0) is 21.8. The Hall–Kier alpha value is -1.91. The van der Waals surface area contributed by atoms with Gasteiger partial charge in [0.2, 0.25) is 10.0 Å². The lowest BCUT2D eigenvalue weighted by molar-refractivity contribution is -0.384. The molecule has 2 aromatic carbocycles. The van der Waals surface area contributed by atoms with Gasteiger partial charge in [-0.05, 0) is 50.8 Å². The van der Waals surface area contributed by atoms with Gasteiger partial charge < -0.3 is 10.2 Å². The highest BCUT2D eigenvalue weighted by atomic mass is 35.5. The summed E-state index contributed by atoms with van der Waals surface area (Å²) in [7, 11) is -0.232. The molecule has 0 aliphatic carbocycles. The molecule has 0 aromatic heterocycles. The number of halogens is 2. The van der Waals surface area contributed by atoms with Crippen molar-refractivity contribution >= 4 is 44.6 Å². The number of anilines is 1. The maximum absolute atomic E-state index is 12.4. The standard InChI is InChI=1S/C18H22Cl2N4O4S/c1-12(13-4-6-15(19)16(20)10-13)22-17-7-5-14(11-18(17)24(25)26)29(27,28)21-8-9-23(2)3/h4-7,10-12,21-22H,8-9H2,1-3H3. The predicted octanol–water partition coefficient (Wildman–Crippen LogP) is 3.91. The number of nitrogens with zero attached hydrogens (tertiary/aromatic N) is 2. The Morgan fingerprint density at radius 2 is 1.83 bits per heavy atom. The first kappa shape index (κ1) is 23.4. The molecule has 2 N–H and O–H groups in total. The van der Waals surface area contributed by atoms with Crippen molar-refractivity contribution in [1.82, 2.24) is 9.62 Å². The molecule has 8 nitrogen and oxygen atoms in total. The van der Waals surface area contributed by atoms with Crippen molar-refractivity contribution in [2.24, 2.45) is 0 Å². The molecule has 0 radical (unpaired) electrons. The molecule has 29 heavy (non-hydrogen) atoms. The van der Waals surface area contributed by atoms with Crippen LogP contribution in [-0.2, 0) is 10.0 Å². The average Bonchev–Trinajstić information content (AvgIpc) is 2.63. The van der Waals surface area contributed by atoms with Gasteiger partial charge in [-0.1, -0.05) is 29.3 Å². The number of nitro benzene ring substituents is 1.